The van der Waals surface area contributed by atoms with Gasteiger partial charge in [0.2, 0.25) is 0 Å². The predicted molar refractivity (Wildman–Crippen MR) is 192 cm³/mol. The Balaban J connectivity index is 1.30. The highest BCUT2D eigenvalue weighted by molar-refractivity contribution is 6.16. The molecule has 0 atom stereocenters. The largest absolute Gasteiger partial charge is 0.456 e. The molecule has 222 valence electrons. The summed E-state index contributed by atoms with van der Waals surface area (Å²) in [5, 5.41) is 3.55. The Morgan fingerprint density at radius 1 is 0.652 bits per heavy atom. The molecule has 7 aromatic rings. The molecule has 0 aliphatic heterocycles. The minimum atomic E-state index is -0.150. The fourth-order valence-electron chi connectivity index (χ4n) is 6.94. The summed E-state index contributed by atoms with van der Waals surface area (Å²) >= 11 is 0. The average molecular weight is 595 g/mol. The second kappa shape index (κ2) is 11.0. The van der Waals surface area contributed by atoms with Crippen LogP contribution in [0.4, 0.5) is 0 Å². The summed E-state index contributed by atoms with van der Waals surface area (Å²) in [5.41, 5.74) is 18.5. The highest BCUT2D eigenvalue weighted by atomic mass is 16.3. The molecule has 0 fully saturated rings. The Morgan fingerprint density at radius 3 is 2.13 bits per heavy atom. The normalized spacial score (nSPS) is 14.0. The molecule has 0 saturated heterocycles. The first-order chi connectivity index (χ1) is 22.5. The van der Waals surface area contributed by atoms with Crippen LogP contribution in [-0.2, 0) is 12.0 Å². The highest BCUT2D eigenvalue weighted by Crippen LogP contribution is 2.51. The molecular formula is C43H34N2O. The van der Waals surface area contributed by atoms with E-state index in [0.29, 0.717) is 12.2 Å². The molecule has 3 heteroatoms. The lowest BCUT2D eigenvalue weighted by Gasteiger charge is -2.22. The quantitative estimate of drug-likeness (QED) is 0.195. The van der Waals surface area contributed by atoms with Crippen molar-refractivity contribution in [2.45, 2.75) is 25.8 Å². The van der Waals surface area contributed by atoms with E-state index in [0.717, 1.165) is 44.7 Å². The Bertz CT molecular complexity index is 2290. The zero-order valence-corrected chi connectivity index (χ0v) is 26.0. The second-order valence-corrected chi connectivity index (χ2v) is 12.6. The van der Waals surface area contributed by atoms with Gasteiger partial charge in [-0.25, -0.2) is 0 Å². The minimum absolute atomic E-state index is 0.150. The third kappa shape index (κ3) is 4.72. The van der Waals surface area contributed by atoms with Crippen LogP contribution in [0.3, 0.4) is 0 Å². The number of nitrogens with zero attached hydrogens (tertiary/aromatic N) is 1. The van der Waals surface area contributed by atoms with Crippen LogP contribution in [-0.4, -0.2) is 5.71 Å². The van der Waals surface area contributed by atoms with Crippen molar-refractivity contribution >= 4 is 33.2 Å². The molecular weight excluding hydrogens is 560 g/mol. The summed E-state index contributed by atoms with van der Waals surface area (Å²) in [6, 6.07) is 48.6. The summed E-state index contributed by atoms with van der Waals surface area (Å²) < 4.78 is 6.35. The highest BCUT2D eigenvalue weighted by Gasteiger charge is 2.37. The van der Waals surface area contributed by atoms with E-state index in [4.69, 9.17) is 15.1 Å². The number of furan rings is 1. The van der Waals surface area contributed by atoms with Crippen molar-refractivity contribution in [3.63, 3.8) is 0 Å². The number of hydrogen-bond acceptors (Lipinski definition) is 3. The van der Waals surface area contributed by atoms with Crippen LogP contribution in [0.2, 0.25) is 0 Å². The zero-order valence-electron chi connectivity index (χ0n) is 26.0. The van der Waals surface area contributed by atoms with Gasteiger partial charge in [0.05, 0.1) is 12.3 Å². The number of fused-ring (bicyclic) bond motifs is 5. The monoisotopic (exact) mass is 594 g/mol. The van der Waals surface area contributed by atoms with Gasteiger partial charge < -0.3 is 10.2 Å². The standard InChI is InChI=1S/C43H34N2O/c1-43(2)36-21-12-20-34(42(36)35-23-29-15-6-7-16-30(29)24-37(35)43)38(44)26-39(45-27-28-13-4-3-5-14-28)32-18-9-10-19-33(32)41-25-31-17-8-11-22-40(31)46-41/h3-26H,27,44H2,1-2H3/b38-26-,45-39?. The Labute approximate surface area is 269 Å². The Morgan fingerprint density at radius 2 is 1.33 bits per heavy atom. The second-order valence-electron chi connectivity index (χ2n) is 12.6. The van der Waals surface area contributed by atoms with Gasteiger partial charge in [-0.15, -0.1) is 0 Å². The summed E-state index contributed by atoms with van der Waals surface area (Å²) in [6.07, 6.45) is 2.05. The summed E-state index contributed by atoms with van der Waals surface area (Å²) in [5.74, 6) is 0.805. The zero-order chi connectivity index (χ0) is 31.3. The van der Waals surface area contributed by atoms with Crippen LogP contribution in [0, 0.1) is 0 Å². The Kier molecular flexibility index (Phi) is 6.69. The number of nitrogens with two attached hydrogens (primary N) is 1. The first kappa shape index (κ1) is 27.8. The molecule has 0 saturated carbocycles. The van der Waals surface area contributed by atoms with Gasteiger partial charge in [0.25, 0.3) is 0 Å². The van der Waals surface area contributed by atoms with Gasteiger partial charge in [0.15, 0.2) is 0 Å². The molecule has 0 amide bonds. The molecule has 1 aliphatic rings. The van der Waals surface area contributed by atoms with Crippen molar-refractivity contribution in [3.8, 4) is 22.5 Å². The van der Waals surface area contributed by atoms with Gasteiger partial charge in [0, 0.05) is 33.2 Å². The number of aliphatic imine (C=N–C) groups is 1. The van der Waals surface area contributed by atoms with E-state index in [1.165, 1.54) is 33.0 Å². The van der Waals surface area contributed by atoms with E-state index in [2.05, 4.69) is 105 Å². The molecule has 6 aromatic carbocycles. The van der Waals surface area contributed by atoms with Crippen molar-refractivity contribution in [3.05, 3.63) is 173 Å². The molecule has 2 N–H and O–H groups in total. The molecule has 3 nitrogen and oxygen atoms in total. The van der Waals surface area contributed by atoms with Crippen LogP contribution in [0.15, 0.2) is 155 Å². The summed E-state index contributed by atoms with van der Waals surface area (Å²) in [7, 11) is 0. The van der Waals surface area contributed by atoms with Crippen LogP contribution >= 0.6 is 0 Å². The van der Waals surface area contributed by atoms with E-state index < -0.39 is 0 Å². The number of rotatable bonds is 6. The third-order valence-corrected chi connectivity index (χ3v) is 9.34. The summed E-state index contributed by atoms with van der Waals surface area (Å²) in [6.45, 7) is 5.15. The predicted octanol–water partition coefficient (Wildman–Crippen LogP) is 10.5. The van der Waals surface area contributed by atoms with Gasteiger partial charge in [-0.3, -0.25) is 4.99 Å². The van der Waals surface area contributed by atoms with E-state index in [-0.39, 0.29) is 5.41 Å². The molecule has 46 heavy (non-hydrogen) atoms. The van der Waals surface area contributed by atoms with Crippen molar-refractivity contribution < 1.29 is 4.42 Å². The molecule has 0 unspecified atom stereocenters. The van der Waals surface area contributed by atoms with Gasteiger partial charge in [-0.1, -0.05) is 129 Å². The fourth-order valence-corrected chi connectivity index (χ4v) is 6.94. The minimum Gasteiger partial charge on any atom is -0.456 e. The molecule has 1 aromatic heterocycles. The van der Waals surface area contributed by atoms with E-state index in [1.807, 2.05) is 54.6 Å². The number of allylic oxidation sites excluding steroid dienone is 1. The van der Waals surface area contributed by atoms with Crippen LogP contribution in [0.25, 0.3) is 49.9 Å². The fraction of sp³-hybridized carbons (Fsp3) is 0.0930. The maximum absolute atomic E-state index is 7.14. The van der Waals surface area contributed by atoms with Gasteiger partial charge in [-0.05, 0) is 68.9 Å². The van der Waals surface area contributed by atoms with Crippen molar-refractivity contribution in [2.75, 3.05) is 0 Å². The maximum atomic E-state index is 7.14. The molecule has 1 aliphatic carbocycles. The van der Waals surface area contributed by atoms with Crippen LogP contribution in [0.5, 0.6) is 0 Å². The van der Waals surface area contributed by atoms with Gasteiger partial charge >= 0.3 is 0 Å². The van der Waals surface area contributed by atoms with Gasteiger partial charge in [0.1, 0.15) is 11.3 Å². The van der Waals surface area contributed by atoms with E-state index >= 15 is 0 Å². The van der Waals surface area contributed by atoms with Crippen molar-refractivity contribution in [2.24, 2.45) is 10.7 Å². The van der Waals surface area contributed by atoms with E-state index in [9.17, 15) is 0 Å². The first-order valence-corrected chi connectivity index (χ1v) is 15.8. The molecule has 8 rings (SSSR count). The first-order valence-electron chi connectivity index (χ1n) is 15.8. The number of benzene rings is 6. The average Bonchev–Trinajstić information content (AvgIpc) is 3.62. The molecule has 1 heterocycles. The number of hydrogen-bond donors (Lipinski definition) is 1. The van der Waals surface area contributed by atoms with E-state index in [1.54, 1.807) is 0 Å². The van der Waals surface area contributed by atoms with Crippen molar-refractivity contribution in [1.82, 2.24) is 0 Å². The van der Waals surface area contributed by atoms with Crippen LogP contribution in [0.1, 0.15) is 41.7 Å². The third-order valence-electron chi connectivity index (χ3n) is 9.34. The maximum Gasteiger partial charge on any atom is 0.136 e. The topological polar surface area (TPSA) is 51.5 Å². The Hall–Kier alpha value is -5.67. The lowest BCUT2D eigenvalue weighted by Crippen LogP contribution is -2.15. The van der Waals surface area contributed by atoms with Gasteiger partial charge in [-0.2, -0.15) is 0 Å². The lowest BCUT2D eigenvalue weighted by molar-refractivity contribution is 0.631. The smallest absolute Gasteiger partial charge is 0.136 e. The molecule has 0 radical (unpaired) electrons. The number of para-hydroxylation sites is 1. The SMILES string of the molecule is CC1(C)c2cc3ccccc3cc2-c2c(/C(N)=C/C(=NCc3ccccc3)c3ccccc3-c3cc4ccccc4o3)cccc21. The van der Waals surface area contributed by atoms with Crippen molar-refractivity contribution in [1.29, 1.82) is 0 Å². The summed E-state index contributed by atoms with van der Waals surface area (Å²) in [4.78, 5) is 5.20. The van der Waals surface area contributed by atoms with Crippen LogP contribution < -0.4 is 5.73 Å². The molecule has 0 bridgehead atoms. The molecule has 0 spiro atoms. The lowest BCUT2D eigenvalue weighted by atomic mass is 9.81.